The van der Waals surface area contributed by atoms with Crippen molar-refractivity contribution in [3.63, 3.8) is 0 Å². The molecular formula is C13H20N4O2S. The van der Waals surface area contributed by atoms with Gasteiger partial charge in [-0.25, -0.2) is 8.42 Å². The standard InChI is InChI=1S/C13H20N4O2S/c1-20(18,19)17-13-8-7-12(15-16-13)14-10-9-11-5-3-2-4-6-11/h5,7-8H,2-4,6,9-10H2,1H3,(H,14,15)(H,16,17). The lowest BCUT2D eigenvalue weighted by atomic mass is 9.97. The van der Waals surface area contributed by atoms with Gasteiger partial charge < -0.3 is 5.32 Å². The third-order valence-corrected chi connectivity index (χ3v) is 3.67. The predicted molar refractivity (Wildman–Crippen MR) is 80.2 cm³/mol. The molecule has 1 aromatic rings. The quantitative estimate of drug-likeness (QED) is 0.786. The van der Waals surface area contributed by atoms with Gasteiger partial charge in [0.25, 0.3) is 0 Å². The fourth-order valence-electron chi connectivity index (χ4n) is 2.15. The number of anilines is 2. The van der Waals surface area contributed by atoms with Crippen LogP contribution >= 0.6 is 0 Å². The number of hydrogen-bond acceptors (Lipinski definition) is 5. The third-order valence-electron chi connectivity index (χ3n) is 3.09. The molecule has 20 heavy (non-hydrogen) atoms. The molecule has 1 aliphatic rings. The maximum Gasteiger partial charge on any atom is 0.231 e. The number of nitrogens with zero attached hydrogens (tertiary/aromatic N) is 2. The first-order valence-corrected chi connectivity index (χ1v) is 8.65. The zero-order valence-electron chi connectivity index (χ0n) is 11.6. The second kappa shape index (κ2) is 6.69. The highest BCUT2D eigenvalue weighted by molar-refractivity contribution is 7.92. The van der Waals surface area contributed by atoms with Gasteiger partial charge in [0, 0.05) is 6.54 Å². The summed E-state index contributed by atoms with van der Waals surface area (Å²) in [5.74, 6) is 0.883. The van der Waals surface area contributed by atoms with Crippen LogP contribution in [0, 0.1) is 0 Å². The number of sulfonamides is 1. The van der Waals surface area contributed by atoms with E-state index >= 15 is 0 Å². The first-order chi connectivity index (χ1) is 9.53. The van der Waals surface area contributed by atoms with Crippen LogP contribution in [-0.4, -0.2) is 31.4 Å². The maximum atomic E-state index is 11.0. The normalized spacial score (nSPS) is 15.6. The first-order valence-electron chi connectivity index (χ1n) is 6.76. The second-order valence-electron chi connectivity index (χ2n) is 4.96. The van der Waals surface area contributed by atoms with Gasteiger partial charge in [0.05, 0.1) is 6.26 Å². The molecule has 110 valence electrons. The van der Waals surface area contributed by atoms with Gasteiger partial charge in [-0.3, -0.25) is 4.72 Å². The molecule has 2 rings (SSSR count). The molecule has 0 bridgehead atoms. The van der Waals surface area contributed by atoms with Crippen molar-refractivity contribution in [1.29, 1.82) is 0 Å². The lowest BCUT2D eigenvalue weighted by Gasteiger charge is -2.13. The molecule has 0 saturated carbocycles. The number of aromatic nitrogens is 2. The van der Waals surface area contributed by atoms with Gasteiger partial charge in [-0.1, -0.05) is 11.6 Å². The Labute approximate surface area is 119 Å². The summed E-state index contributed by atoms with van der Waals surface area (Å²) in [6.45, 7) is 0.819. The Morgan fingerprint density at radius 3 is 2.55 bits per heavy atom. The molecule has 2 N–H and O–H groups in total. The van der Waals surface area contributed by atoms with Gasteiger partial charge in [-0.05, 0) is 44.2 Å². The molecular weight excluding hydrogens is 276 g/mol. The Kier molecular flexibility index (Phi) is 4.94. The summed E-state index contributed by atoms with van der Waals surface area (Å²) < 4.78 is 24.3. The van der Waals surface area contributed by atoms with E-state index < -0.39 is 10.0 Å². The molecule has 1 aliphatic carbocycles. The minimum Gasteiger partial charge on any atom is -0.368 e. The van der Waals surface area contributed by atoms with Crippen LogP contribution in [0.2, 0.25) is 0 Å². The summed E-state index contributed by atoms with van der Waals surface area (Å²) in [6, 6.07) is 3.31. The summed E-state index contributed by atoms with van der Waals surface area (Å²) in [6.07, 6.45) is 9.42. The number of nitrogens with one attached hydrogen (secondary N) is 2. The first kappa shape index (κ1) is 14.8. The Hall–Kier alpha value is -1.63. The van der Waals surface area contributed by atoms with Crippen LogP contribution in [0.5, 0.6) is 0 Å². The van der Waals surface area contributed by atoms with E-state index in [1.54, 1.807) is 12.1 Å². The number of hydrogen-bond donors (Lipinski definition) is 2. The van der Waals surface area contributed by atoms with Gasteiger partial charge in [0.15, 0.2) is 5.82 Å². The van der Waals surface area contributed by atoms with Crippen molar-refractivity contribution in [2.75, 3.05) is 22.8 Å². The molecule has 0 aromatic carbocycles. The van der Waals surface area contributed by atoms with E-state index in [9.17, 15) is 8.42 Å². The summed E-state index contributed by atoms with van der Waals surface area (Å²) in [5, 5.41) is 10.9. The minimum atomic E-state index is -3.30. The van der Waals surface area contributed by atoms with Crippen molar-refractivity contribution < 1.29 is 8.42 Å². The maximum absolute atomic E-state index is 11.0. The van der Waals surface area contributed by atoms with E-state index in [0.29, 0.717) is 5.82 Å². The molecule has 0 saturated heterocycles. The van der Waals surface area contributed by atoms with E-state index in [-0.39, 0.29) is 5.82 Å². The fourth-order valence-corrected chi connectivity index (χ4v) is 2.64. The molecule has 1 heterocycles. The summed E-state index contributed by atoms with van der Waals surface area (Å²) in [7, 11) is -3.30. The average Bonchev–Trinajstić information content (AvgIpc) is 2.40. The Morgan fingerprint density at radius 1 is 1.20 bits per heavy atom. The van der Waals surface area contributed by atoms with E-state index in [0.717, 1.165) is 19.2 Å². The Morgan fingerprint density at radius 2 is 1.95 bits per heavy atom. The SMILES string of the molecule is CS(=O)(=O)Nc1ccc(NCCC2=CCCCC2)nn1. The van der Waals surface area contributed by atoms with Crippen LogP contribution in [0.25, 0.3) is 0 Å². The fraction of sp³-hybridized carbons (Fsp3) is 0.538. The Balaban J connectivity index is 1.80. The van der Waals surface area contributed by atoms with E-state index in [1.807, 2.05) is 0 Å². The molecule has 0 fully saturated rings. The highest BCUT2D eigenvalue weighted by atomic mass is 32.2. The van der Waals surface area contributed by atoms with Gasteiger partial charge >= 0.3 is 0 Å². The monoisotopic (exact) mass is 296 g/mol. The molecule has 0 spiro atoms. The molecule has 0 unspecified atom stereocenters. The smallest absolute Gasteiger partial charge is 0.231 e. The molecule has 0 atom stereocenters. The van der Waals surface area contributed by atoms with Crippen molar-refractivity contribution in [3.8, 4) is 0 Å². The lowest BCUT2D eigenvalue weighted by molar-refractivity contribution is 0.606. The molecule has 6 nitrogen and oxygen atoms in total. The van der Waals surface area contributed by atoms with Crippen LogP contribution in [0.15, 0.2) is 23.8 Å². The van der Waals surface area contributed by atoms with Gasteiger partial charge in [0.1, 0.15) is 5.82 Å². The Bertz CT molecular complexity index is 567. The zero-order chi connectivity index (χ0) is 14.4. The average molecular weight is 296 g/mol. The van der Waals surface area contributed by atoms with Crippen LogP contribution in [0.1, 0.15) is 32.1 Å². The van der Waals surface area contributed by atoms with Crippen molar-refractivity contribution in [2.45, 2.75) is 32.1 Å². The predicted octanol–water partition coefficient (Wildman–Crippen LogP) is 2.15. The van der Waals surface area contributed by atoms with Crippen LogP contribution in [-0.2, 0) is 10.0 Å². The van der Waals surface area contributed by atoms with Gasteiger partial charge in [-0.15, -0.1) is 10.2 Å². The van der Waals surface area contributed by atoms with E-state index in [4.69, 9.17) is 0 Å². The largest absolute Gasteiger partial charge is 0.368 e. The minimum absolute atomic E-state index is 0.230. The zero-order valence-corrected chi connectivity index (χ0v) is 12.4. The van der Waals surface area contributed by atoms with E-state index in [2.05, 4.69) is 26.3 Å². The molecule has 1 aromatic heterocycles. The highest BCUT2D eigenvalue weighted by Crippen LogP contribution is 2.19. The molecule has 0 amide bonds. The van der Waals surface area contributed by atoms with E-state index in [1.165, 1.54) is 31.3 Å². The van der Waals surface area contributed by atoms with Crippen molar-refractivity contribution >= 4 is 21.7 Å². The van der Waals surface area contributed by atoms with Crippen molar-refractivity contribution in [2.24, 2.45) is 0 Å². The van der Waals surface area contributed by atoms with Gasteiger partial charge in [0.2, 0.25) is 10.0 Å². The van der Waals surface area contributed by atoms with Crippen molar-refractivity contribution in [1.82, 2.24) is 10.2 Å². The van der Waals surface area contributed by atoms with Crippen molar-refractivity contribution in [3.05, 3.63) is 23.8 Å². The van der Waals surface area contributed by atoms with Crippen LogP contribution in [0.3, 0.4) is 0 Å². The number of allylic oxidation sites excluding steroid dienone is 1. The van der Waals surface area contributed by atoms with Crippen LogP contribution < -0.4 is 10.0 Å². The lowest BCUT2D eigenvalue weighted by Crippen LogP contribution is -2.12. The summed E-state index contributed by atoms with van der Waals surface area (Å²) in [4.78, 5) is 0. The summed E-state index contributed by atoms with van der Waals surface area (Å²) in [5.41, 5.74) is 1.51. The third kappa shape index (κ3) is 5.16. The number of rotatable bonds is 6. The highest BCUT2D eigenvalue weighted by Gasteiger charge is 2.05. The molecule has 7 heteroatoms. The van der Waals surface area contributed by atoms with Crippen LogP contribution in [0.4, 0.5) is 11.6 Å². The molecule has 0 radical (unpaired) electrons. The van der Waals surface area contributed by atoms with Gasteiger partial charge in [-0.2, -0.15) is 0 Å². The molecule has 0 aliphatic heterocycles. The topological polar surface area (TPSA) is 84.0 Å². The second-order valence-corrected chi connectivity index (χ2v) is 6.71. The summed E-state index contributed by atoms with van der Waals surface area (Å²) >= 11 is 0.